The van der Waals surface area contributed by atoms with E-state index in [1.165, 1.54) is 24.9 Å². The zero-order valence-electron chi connectivity index (χ0n) is 7.70. The van der Waals surface area contributed by atoms with Gasteiger partial charge >= 0.3 is 0 Å². The molecule has 0 fully saturated rings. The van der Waals surface area contributed by atoms with Gasteiger partial charge in [0.15, 0.2) is 0 Å². The monoisotopic (exact) mass is 193 g/mol. The summed E-state index contributed by atoms with van der Waals surface area (Å²) >= 11 is 6.10. The van der Waals surface area contributed by atoms with Gasteiger partial charge in [-0.1, -0.05) is 20.3 Å². The normalized spacial score (nSPS) is 13.4. The number of halogens is 1. The minimum Gasteiger partial charge on any atom is -0.317 e. The molecule has 0 bridgehead atoms. The quantitative estimate of drug-likeness (QED) is 0.372. The molecule has 1 N–H and O–H groups in total. The summed E-state index contributed by atoms with van der Waals surface area (Å²) in [6, 6.07) is 2.55. The molecule has 0 saturated carbocycles. The van der Waals surface area contributed by atoms with Gasteiger partial charge in [-0.3, -0.25) is 0 Å². The molecule has 0 spiro atoms. The number of unbranched alkanes of at least 4 members (excludes halogenated alkanes) is 1. The van der Waals surface area contributed by atoms with Crippen molar-refractivity contribution in [2.24, 2.45) is 0 Å². The van der Waals surface area contributed by atoms with Crippen molar-refractivity contribution in [1.29, 1.82) is 0 Å². The lowest BCUT2D eigenvalue weighted by molar-refractivity contribution is 0.661. The third kappa shape index (κ3) is 8.37. The maximum atomic E-state index is 6.10. The standard InChI is InChI=1S/C8H20ClNSi/c1-3-10-7-5-6-8-11(9)4-2/h10-11H,3-8H2,1-2H3. The first-order valence-electron chi connectivity index (χ1n) is 4.66. The van der Waals surface area contributed by atoms with Crippen LogP contribution >= 0.6 is 11.1 Å². The highest BCUT2D eigenvalue weighted by Gasteiger charge is 2.01. The molecule has 0 heterocycles. The summed E-state index contributed by atoms with van der Waals surface area (Å²) in [6.07, 6.45) is 2.62. The number of hydrogen-bond donors (Lipinski definition) is 1. The number of hydrogen-bond acceptors (Lipinski definition) is 1. The molecule has 0 amide bonds. The van der Waals surface area contributed by atoms with Crippen LogP contribution in [0.2, 0.25) is 12.1 Å². The summed E-state index contributed by atoms with van der Waals surface area (Å²) in [5.41, 5.74) is 0. The van der Waals surface area contributed by atoms with Crippen LogP contribution in [0.4, 0.5) is 0 Å². The van der Waals surface area contributed by atoms with E-state index >= 15 is 0 Å². The van der Waals surface area contributed by atoms with Gasteiger partial charge in [0.25, 0.3) is 0 Å². The van der Waals surface area contributed by atoms with Gasteiger partial charge < -0.3 is 5.32 Å². The zero-order chi connectivity index (χ0) is 8.53. The van der Waals surface area contributed by atoms with Crippen LogP contribution in [0.15, 0.2) is 0 Å². The second-order valence-electron chi connectivity index (χ2n) is 2.85. The van der Waals surface area contributed by atoms with Gasteiger partial charge in [-0.15, -0.1) is 0 Å². The van der Waals surface area contributed by atoms with E-state index in [-0.39, 0.29) is 0 Å². The van der Waals surface area contributed by atoms with E-state index in [1.54, 1.807) is 0 Å². The smallest absolute Gasteiger partial charge is 0.140 e. The Morgan fingerprint density at radius 3 is 2.55 bits per heavy atom. The second kappa shape index (κ2) is 8.56. The van der Waals surface area contributed by atoms with E-state index in [9.17, 15) is 0 Å². The Kier molecular flexibility index (Phi) is 8.93. The second-order valence-corrected chi connectivity index (χ2v) is 7.29. The Hall–Kier alpha value is 0.467. The molecule has 0 aliphatic heterocycles. The van der Waals surface area contributed by atoms with E-state index in [0.717, 1.165) is 13.1 Å². The summed E-state index contributed by atoms with van der Waals surface area (Å²) in [4.78, 5) is 0. The fraction of sp³-hybridized carbons (Fsp3) is 1.00. The van der Waals surface area contributed by atoms with Crippen LogP contribution in [0.3, 0.4) is 0 Å². The summed E-state index contributed by atoms with van der Waals surface area (Å²) in [5, 5.41) is 3.31. The molecular formula is C8H20ClNSi. The van der Waals surface area contributed by atoms with Crippen molar-refractivity contribution in [2.75, 3.05) is 13.1 Å². The predicted molar refractivity (Wildman–Crippen MR) is 56.1 cm³/mol. The molecule has 11 heavy (non-hydrogen) atoms. The van der Waals surface area contributed by atoms with Crippen molar-refractivity contribution in [3.63, 3.8) is 0 Å². The molecule has 0 aromatic rings. The average Bonchev–Trinajstić information content (AvgIpc) is 2.04. The lowest BCUT2D eigenvalue weighted by Gasteiger charge is -2.03. The first-order chi connectivity index (χ1) is 5.31. The first-order valence-corrected chi connectivity index (χ1v) is 8.03. The molecule has 0 aliphatic rings. The van der Waals surface area contributed by atoms with Crippen LogP contribution in [0.25, 0.3) is 0 Å². The van der Waals surface area contributed by atoms with Gasteiger partial charge in [0.05, 0.1) is 0 Å². The molecule has 0 aromatic carbocycles. The largest absolute Gasteiger partial charge is 0.317 e. The number of rotatable bonds is 7. The highest BCUT2D eigenvalue weighted by molar-refractivity contribution is 7.06. The Bertz CT molecular complexity index is 80.5. The maximum absolute atomic E-state index is 6.10. The van der Waals surface area contributed by atoms with E-state index in [1.807, 2.05) is 0 Å². The van der Waals surface area contributed by atoms with Crippen molar-refractivity contribution in [2.45, 2.75) is 38.8 Å². The van der Waals surface area contributed by atoms with Crippen molar-refractivity contribution in [3.05, 3.63) is 0 Å². The van der Waals surface area contributed by atoms with Crippen LogP contribution < -0.4 is 5.32 Å². The predicted octanol–water partition coefficient (Wildman–Crippen LogP) is 2.36. The summed E-state index contributed by atoms with van der Waals surface area (Å²) in [7, 11) is -0.788. The number of nitrogens with one attached hydrogen (secondary N) is 1. The molecular weight excluding hydrogens is 174 g/mol. The van der Waals surface area contributed by atoms with Crippen molar-refractivity contribution in [3.8, 4) is 0 Å². The lowest BCUT2D eigenvalue weighted by Crippen LogP contribution is -2.14. The lowest BCUT2D eigenvalue weighted by atomic mass is 10.3. The third-order valence-electron chi connectivity index (χ3n) is 1.81. The van der Waals surface area contributed by atoms with Gasteiger partial charge in [-0.25, -0.2) is 0 Å². The molecule has 0 aromatic heterocycles. The van der Waals surface area contributed by atoms with Gasteiger partial charge in [-0.05, 0) is 31.6 Å². The Labute approximate surface area is 76.8 Å². The average molecular weight is 194 g/mol. The molecule has 3 heteroatoms. The van der Waals surface area contributed by atoms with Gasteiger partial charge in [0, 0.05) is 0 Å². The molecule has 1 atom stereocenters. The third-order valence-corrected chi connectivity index (χ3v) is 5.32. The van der Waals surface area contributed by atoms with Crippen LogP contribution in [0.5, 0.6) is 0 Å². The van der Waals surface area contributed by atoms with E-state index < -0.39 is 8.11 Å². The highest BCUT2D eigenvalue weighted by Crippen LogP contribution is 2.08. The molecule has 1 nitrogen and oxygen atoms in total. The summed E-state index contributed by atoms with van der Waals surface area (Å²) in [5.74, 6) is 0. The fourth-order valence-corrected chi connectivity index (χ4v) is 2.60. The zero-order valence-corrected chi connectivity index (χ0v) is 9.61. The summed E-state index contributed by atoms with van der Waals surface area (Å²) < 4.78 is 0. The Morgan fingerprint density at radius 2 is 2.00 bits per heavy atom. The van der Waals surface area contributed by atoms with E-state index in [0.29, 0.717) is 0 Å². The van der Waals surface area contributed by atoms with E-state index in [4.69, 9.17) is 11.1 Å². The van der Waals surface area contributed by atoms with Crippen molar-refractivity contribution < 1.29 is 0 Å². The van der Waals surface area contributed by atoms with Crippen LogP contribution in [-0.2, 0) is 0 Å². The highest BCUT2D eigenvalue weighted by atomic mass is 35.6. The van der Waals surface area contributed by atoms with Crippen molar-refractivity contribution >= 4 is 19.2 Å². The molecule has 68 valence electrons. The Balaban J connectivity index is 2.89. The topological polar surface area (TPSA) is 12.0 Å². The summed E-state index contributed by atoms with van der Waals surface area (Å²) in [6.45, 7) is 6.60. The SMILES string of the molecule is CCNCCCC[SiH](Cl)CC. The van der Waals surface area contributed by atoms with Crippen LogP contribution in [-0.4, -0.2) is 21.2 Å². The molecule has 0 radical (unpaired) electrons. The fourth-order valence-electron chi connectivity index (χ4n) is 0.997. The maximum Gasteiger partial charge on any atom is 0.140 e. The molecule has 1 unspecified atom stereocenters. The molecule has 0 rings (SSSR count). The van der Waals surface area contributed by atoms with Gasteiger partial charge in [-0.2, -0.15) is 11.1 Å². The first kappa shape index (κ1) is 11.5. The Morgan fingerprint density at radius 1 is 1.27 bits per heavy atom. The van der Waals surface area contributed by atoms with E-state index in [2.05, 4.69) is 19.2 Å². The van der Waals surface area contributed by atoms with Crippen molar-refractivity contribution in [1.82, 2.24) is 5.32 Å². The van der Waals surface area contributed by atoms with Crippen LogP contribution in [0.1, 0.15) is 26.7 Å². The minimum atomic E-state index is -0.788. The van der Waals surface area contributed by atoms with Crippen LogP contribution in [0, 0.1) is 0 Å². The van der Waals surface area contributed by atoms with Gasteiger partial charge in [0.2, 0.25) is 0 Å². The molecule has 0 aliphatic carbocycles. The molecule has 0 saturated heterocycles. The van der Waals surface area contributed by atoms with Gasteiger partial charge in [0.1, 0.15) is 8.11 Å². The minimum absolute atomic E-state index is 0.788.